The van der Waals surface area contributed by atoms with Crippen molar-refractivity contribution in [1.82, 2.24) is 5.32 Å². The molecule has 1 heterocycles. The highest BCUT2D eigenvalue weighted by molar-refractivity contribution is 7.80. The van der Waals surface area contributed by atoms with E-state index in [-0.39, 0.29) is 5.91 Å². The summed E-state index contributed by atoms with van der Waals surface area (Å²) in [5.41, 5.74) is 2.78. The van der Waals surface area contributed by atoms with Gasteiger partial charge < -0.3 is 25.0 Å². The van der Waals surface area contributed by atoms with E-state index in [1.54, 1.807) is 0 Å². The summed E-state index contributed by atoms with van der Waals surface area (Å²) in [6, 6.07) is 13.6. The Morgan fingerprint density at radius 2 is 1.90 bits per heavy atom. The lowest BCUT2D eigenvalue weighted by Crippen LogP contribution is -2.28. The maximum atomic E-state index is 12.0. The van der Waals surface area contributed by atoms with E-state index in [1.165, 1.54) is 0 Å². The highest BCUT2D eigenvalue weighted by Crippen LogP contribution is 2.28. The van der Waals surface area contributed by atoms with Gasteiger partial charge in [0, 0.05) is 30.9 Å². The number of hydrogen-bond donors (Lipinski definition) is 2. The third-order valence-corrected chi connectivity index (χ3v) is 4.80. The fourth-order valence-corrected chi connectivity index (χ4v) is 3.43. The first-order valence-electron chi connectivity index (χ1n) is 9.94. The molecule has 7 heteroatoms. The van der Waals surface area contributed by atoms with Gasteiger partial charge in [-0.2, -0.15) is 0 Å². The van der Waals surface area contributed by atoms with Crippen molar-refractivity contribution in [3.8, 4) is 11.5 Å². The van der Waals surface area contributed by atoms with E-state index in [9.17, 15) is 4.79 Å². The van der Waals surface area contributed by atoms with Gasteiger partial charge in [0.25, 0.3) is 0 Å². The van der Waals surface area contributed by atoms with Crippen molar-refractivity contribution in [3.05, 3.63) is 48.0 Å². The second kappa shape index (κ2) is 10.1. The van der Waals surface area contributed by atoms with Crippen molar-refractivity contribution in [1.29, 1.82) is 0 Å². The molecule has 1 saturated heterocycles. The van der Waals surface area contributed by atoms with Crippen molar-refractivity contribution < 1.29 is 14.3 Å². The molecule has 1 aliphatic rings. The van der Waals surface area contributed by atoms with E-state index in [1.807, 2.05) is 61.2 Å². The van der Waals surface area contributed by atoms with E-state index in [4.69, 9.17) is 21.7 Å². The van der Waals surface area contributed by atoms with Gasteiger partial charge in [0.2, 0.25) is 5.91 Å². The number of hydrogen-bond acceptors (Lipinski definition) is 4. The highest BCUT2D eigenvalue weighted by atomic mass is 32.1. The van der Waals surface area contributed by atoms with Gasteiger partial charge in [-0.1, -0.05) is 12.1 Å². The molecule has 2 aromatic carbocycles. The Morgan fingerprint density at radius 3 is 2.62 bits per heavy atom. The third-order valence-electron chi connectivity index (χ3n) is 4.55. The number of amides is 1. The standard InChI is InChI=1S/C22H27N3O3S/c1-3-27-19-11-10-16(13-20(19)28-4-2)15-23-22(29)24-17-7-5-8-18(14-17)25-12-6-9-21(25)26/h5,7-8,10-11,13-14H,3-4,6,9,12,15H2,1-2H3,(H2,23,24,29). The molecular weight excluding hydrogens is 386 g/mol. The minimum Gasteiger partial charge on any atom is -0.490 e. The van der Waals surface area contributed by atoms with Gasteiger partial charge in [0.05, 0.1) is 13.2 Å². The molecule has 1 fully saturated rings. The smallest absolute Gasteiger partial charge is 0.227 e. The summed E-state index contributed by atoms with van der Waals surface area (Å²) in [7, 11) is 0. The number of carbonyl (C=O) groups excluding carboxylic acids is 1. The zero-order valence-electron chi connectivity index (χ0n) is 16.9. The zero-order valence-corrected chi connectivity index (χ0v) is 17.7. The average Bonchev–Trinajstić information content (AvgIpc) is 3.14. The van der Waals surface area contributed by atoms with Crippen LogP contribution in [-0.2, 0) is 11.3 Å². The predicted molar refractivity (Wildman–Crippen MR) is 120 cm³/mol. The number of rotatable bonds is 8. The molecule has 0 bridgehead atoms. The third kappa shape index (κ3) is 5.60. The van der Waals surface area contributed by atoms with Gasteiger partial charge in [0.15, 0.2) is 16.6 Å². The lowest BCUT2D eigenvalue weighted by atomic mass is 10.2. The number of anilines is 2. The minimum absolute atomic E-state index is 0.170. The topological polar surface area (TPSA) is 62.8 Å². The van der Waals surface area contributed by atoms with E-state index in [0.717, 1.165) is 41.4 Å². The number of ether oxygens (including phenoxy) is 2. The van der Waals surface area contributed by atoms with E-state index < -0.39 is 0 Å². The van der Waals surface area contributed by atoms with Crippen LogP contribution in [0, 0.1) is 0 Å². The summed E-state index contributed by atoms with van der Waals surface area (Å²) in [5.74, 6) is 1.64. The van der Waals surface area contributed by atoms with Crippen LogP contribution in [0.25, 0.3) is 0 Å². The summed E-state index contributed by atoms with van der Waals surface area (Å²) < 4.78 is 11.3. The predicted octanol–water partition coefficient (Wildman–Crippen LogP) is 4.10. The Hall–Kier alpha value is -2.80. The van der Waals surface area contributed by atoms with Crippen LogP contribution in [0.4, 0.5) is 11.4 Å². The van der Waals surface area contributed by atoms with Gasteiger partial charge in [-0.25, -0.2) is 0 Å². The number of benzene rings is 2. The molecule has 0 spiro atoms. The highest BCUT2D eigenvalue weighted by Gasteiger charge is 2.21. The quantitative estimate of drug-likeness (QED) is 0.636. The molecule has 0 aromatic heterocycles. The van der Waals surface area contributed by atoms with Crippen molar-refractivity contribution in [3.63, 3.8) is 0 Å². The van der Waals surface area contributed by atoms with Gasteiger partial charge in [-0.15, -0.1) is 0 Å². The molecule has 6 nitrogen and oxygen atoms in total. The van der Waals surface area contributed by atoms with Crippen LogP contribution < -0.4 is 25.0 Å². The van der Waals surface area contributed by atoms with Crippen LogP contribution in [-0.4, -0.2) is 30.8 Å². The van der Waals surface area contributed by atoms with Crippen LogP contribution in [0.2, 0.25) is 0 Å². The fourth-order valence-electron chi connectivity index (χ4n) is 3.24. The van der Waals surface area contributed by atoms with E-state index in [2.05, 4.69) is 10.6 Å². The number of nitrogens with one attached hydrogen (secondary N) is 2. The molecule has 2 aromatic rings. The number of nitrogens with zero attached hydrogens (tertiary/aromatic N) is 1. The summed E-state index contributed by atoms with van der Waals surface area (Å²) in [4.78, 5) is 13.8. The first-order chi connectivity index (χ1) is 14.1. The monoisotopic (exact) mass is 413 g/mol. The molecule has 154 valence electrons. The summed E-state index contributed by atoms with van der Waals surface area (Å²) in [5, 5.41) is 6.91. The van der Waals surface area contributed by atoms with Gasteiger partial charge in [0.1, 0.15) is 0 Å². The Kier molecular flexibility index (Phi) is 7.30. The van der Waals surface area contributed by atoms with Gasteiger partial charge in [-0.05, 0) is 68.4 Å². The minimum atomic E-state index is 0.170. The van der Waals surface area contributed by atoms with Gasteiger partial charge >= 0.3 is 0 Å². The Bertz CT molecular complexity index is 872. The van der Waals surface area contributed by atoms with Crippen molar-refractivity contribution in [2.75, 3.05) is 30.0 Å². The van der Waals surface area contributed by atoms with Crippen LogP contribution in [0.3, 0.4) is 0 Å². The Morgan fingerprint density at radius 1 is 1.10 bits per heavy atom. The first-order valence-corrected chi connectivity index (χ1v) is 10.3. The lowest BCUT2D eigenvalue weighted by molar-refractivity contribution is -0.117. The molecule has 3 rings (SSSR count). The first kappa shape index (κ1) is 20.9. The molecule has 0 aliphatic carbocycles. The normalized spacial score (nSPS) is 13.3. The van der Waals surface area contributed by atoms with Crippen molar-refractivity contribution in [2.24, 2.45) is 0 Å². The van der Waals surface area contributed by atoms with Crippen molar-refractivity contribution in [2.45, 2.75) is 33.2 Å². The molecule has 2 N–H and O–H groups in total. The summed E-state index contributed by atoms with van der Waals surface area (Å²) >= 11 is 5.43. The largest absolute Gasteiger partial charge is 0.490 e. The second-order valence-corrected chi connectivity index (χ2v) is 7.06. The maximum Gasteiger partial charge on any atom is 0.227 e. The molecule has 0 radical (unpaired) electrons. The molecule has 1 amide bonds. The SMILES string of the molecule is CCOc1ccc(CNC(=S)Nc2cccc(N3CCCC3=O)c2)cc1OCC. The van der Waals surface area contributed by atoms with Crippen LogP contribution in [0.15, 0.2) is 42.5 Å². The van der Waals surface area contributed by atoms with E-state index in [0.29, 0.717) is 31.3 Å². The zero-order chi connectivity index (χ0) is 20.6. The maximum absolute atomic E-state index is 12.0. The number of thiocarbonyl (C=S) groups is 1. The van der Waals surface area contributed by atoms with Crippen LogP contribution >= 0.6 is 12.2 Å². The van der Waals surface area contributed by atoms with Crippen LogP contribution in [0.5, 0.6) is 11.5 Å². The average molecular weight is 414 g/mol. The fraction of sp³-hybridized carbons (Fsp3) is 0.364. The molecule has 0 atom stereocenters. The molecular formula is C22H27N3O3S. The second-order valence-electron chi connectivity index (χ2n) is 6.65. The van der Waals surface area contributed by atoms with Crippen molar-refractivity contribution >= 4 is 34.6 Å². The summed E-state index contributed by atoms with van der Waals surface area (Å²) in [6.45, 7) is 6.39. The summed E-state index contributed by atoms with van der Waals surface area (Å²) in [6.07, 6.45) is 1.52. The molecule has 0 saturated carbocycles. The number of carbonyl (C=O) groups is 1. The molecule has 0 unspecified atom stereocenters. The molecule has 1 aliphatic heterocycles. The van der Waals surface area contributed by atoms with Crippen LogP contribution in [0.1, 0.15) is 32.3 Å². The molecule has 29 heavy (non-hydrogen) atoms. The Balaban J connectivity index is 1.59. The van der Waals surface area contributed by atoms with Gasteiger partial charge in [-0.3, -0.25) is 4.79 Å². The van der Waals surface area contributed by atoms with E-state index >= 15 is 0 Å². The Labute approximate surface area is 177 Å². The lowest BCUT2D eigenvalue weighted by Gasteiger charge is -2.17.